The fourth-order valence-electron chi connectivity index (χ4n) is 3.44. The summed E-state index contributed by atoms with van der Waals surface area (Å²) in [5.41, 5.74) is 3.67. The number of methoxy groups -OCH3 is 1. The van der Waals surface area contributed by atoms with Gasteiger partial charge in [0, 0.05) is 24.7 Å². The fraction of sp³-hybridized carbons (Fsp3) is 0.391. The molecule has 2 amide bonds. The Morgan fingerprint density at radius 2 is 1.72 bits per heavy atom. The van der Waals surface area contributed by atoms with Crippen molar-refractivity contribution in [2.75, 3.05) is 13.7 Å². The highest BCUT2D eigenvalue weighted by molar-refractivity contribution is 6.59. The smallest absolute Gasteiger partial charge is 0.423 e. The zero-order chi connectivity index (χ0) is 24.2. The number of nitrogens with zero attached hydrogens (tertiary/aromatic N) is 1. The van der Waals surface area contributed by atoms with Crippen LogP contribution in [0.4, 0.5) is 4.39 Å². The minimum atomic E-state index is -2.13. The normalized spacial score (nSPS) is 11.3. The van der Waals surface area contributed by atoms with Crippen molar-refractivity contribution in [3.63, 3.8) is 0 Å². The number of benzene rings is 2. The number of carbonyl (C=O) groups is 2. The van der Waals surface area contributed by atoms with Gasteiger partial charge < -0.3 is 14.8 Å². The van der Waals surface area contributed by atoms with Crippen molar-refractivity contribution in [3.8, 4) is 0 Å². The van der Waals surface area contributed by atoms with Crippen LogP contribution in [0.25, 0.3) is 0 Å². The molecule has 0 saturated heterocycles. The molecule has 0 aliphatic carbocycles. The molecule has 0 saturated carbocycles. The summed E-state index contributed by atoms with van der Waals surface area (Å²) in [6, 6.07) is 7.98. The second-order valence-electron chi connectivity index (χ2n) is 9.08. The minimum Gasteiger partial charge on any atom is -0.423 e. The fourth-order valence-corrected chi connectivity index (χ4v) is 3.44. The summed E-state index contributed by atoms with van der Waals surface area (Å²) >= 11 is 0. The van der Waals surface area contributed by atoms with Crippen LogP contribution in [0.2, 0.25) is 0 Å². The first-order valence-corrected chi connectivity index (χ1v) is 10.2. The molecule has 3 N–H and O–H groups in total. The summed E-state index contributed by atoms with van der Waals surface area (Å²) in [6.07, 6.45) is 0. The zero-order valence-corrected chi connectivity index (χ0v) is 19.3. The van der Waals surface area contributed by atoms with E-state index in [1.807, 2.05) is 40.7 Å². The maximum atomic E-state index is 15.0. The van der Waals surface area contributed by atoms with E-state index in [2.05, 4.69) is 5.43 Å². The Hall–Kier alpha value is -2.75. The molecule has 7 nitrogen and oxygen atoms in total. The van der Waals surface area contributed by atoms with Crippen LogP contribution in [-0.4, -0.2) is 47.6 Å². The molecule has 2 rings (SSSR count). The molecule has 2 aromatic rings. The third kappa shape index (κ3) is 6.38. The molecule has 0 spiro atoms. The van der Waals surface area contributed by atoms with Crippen molar-refractivity contribution in [2.45, 2.75) is 41.2 Å². The summed E-state index contributed by atoms with van der Waals surface area (Å²) in [5, 5.41) is 20.4. The summed E-state index contributed by atoms with van der Waals surface area (Å²) in [7, 11) is -0.745. The molecule has 0 aliphatic rings. The second kappa shape index (κ2) is 10.2. The van der Waals surface area contributed by atoms with Crippen LogP contribution in [0.1, 0.15) is 58.2 Å². The van der Waals surface area contributed by atoms with E-state index in [4.69, 9.17) is 4.74 Å². The van der Waals surface area contributed by atoms with Gasteiger partial charge in [0.1, 0.15) is 5.82 Å². The van der Waals surface area contributed by atoms with Gasteiger partial charge in [0.25, 0.3) is 11.8 Å². The van der Waals surface area contributed by atoms with Crippen LogP contribution in [-0.2, 0) is 11.3 Å². The molecule has 9 heteroatoms. The molecule has 2 aromatic carbocycles. The van der Waals surface area contributed by atoms with Gasteiger partial charge in [-0.1, -0.05) is 44.0 Å². The molecule has 0 unspecified atom stereocenters. The number of aryl methyl sites for hydroxylation is 2. The highest BCUT2D eigenvalue weighted by atomic mass is 19.1. The number of halogens is 1. The monoisotopic (exact) mass is 444 g/mol. The lowest BCUT2D eigenvalue weighted by Gasteiger charge is -2.30. The number of hydrazine groups is 1. The van der Waals surface area contributed by atoms with Gasteiger partial charge in [-0.15, -0.1) is 0 Å². The lowest BCUT2D eigenvalue weighted by atomic mass is 9.75. The molecule has 0 fully saturated rings. The van der Waals surface area contributed by atoms with Gasteiger partial charge in [0.2, 0.25) is 0 Å². The van der Waals surface area contributed by atoms with Crippen molar-refractivity contribution < 1.29 is 28.8 Å². The topological polar surface area (TPSA) is 99.1 Å². The quantitative estimate of drug-likeness (QED) is 0.468. The summed E-state index contributed by atoms with van der Waals surface area (Å²) in [4.78, 5) is 26.2. The van der Waals surface area contributed by atoms with Crippen LogP contribution in [0.5, 0.6) is 0 Å². The van der Waals surface area contributed by atoms with Gasteiger partial charge in [0.05, 0.1) is 12.2 Å². The number of amides is 2. The van der Waals surface area contributed by atoms with E-state index < -0.39 is 35.8 Å². The Kier molecular flexibility index (Phi) is 8.17. The van der Waals surface area contributed by atoms with E-state index in [9.17, 15) is 19.6 Å². The standard InChI is InChI=1S/C23H30BFN2O5/c1-14-9-15(2)11-17(10-14)22(29)27(13-23(3,4)5)26-21(28)18-8-7-16(12-32-6)19(20(18)25)24(30)31/h7-11,30-31H,12-13H2,1-6H3,(H,26,28). The van der Waals surface area contributed by atoms with E-state index in [0.717, 1.165) is 16.1 Å². The third-order valence-electron chi connectivity index (χ3n) is 4.66. The third-order valence-corrected chi connectivity index (χ3v) is 4.66. The van der Waals surface area contributed by atoms with Crippen LogP contribution in [0, 0.1) is 25.1 Å². The van der Waals surface area contributed by atoms with Crippen molar-refractivity contribution >= 4 is 24.4 Å². The van der Waals surface area contributed by atoms with Crippen LogP contribution < -0.4 is 10.9 Å². The molecular weight excluding hydrogens is 414 g/mol. The highest BCUT2D eigenvalue weighted by Gasteiger charge is 2.29. The van der Waals surface area contributed by atoms with Crippen molar-refractivity contribution in [3.05, 3.63) is 64.0 Å². The minimum absolute atomic E-state index is 0.0624. The molecule has 0 aliphatic heterocycles. The average Bonchev–Trinajstić information content (AvgIpc) is 2.65. The number of rotatable bonds is 6. The maximum Gasteiger partial charge on any atom is 0.491 e. The molecule has 0 radical (unpaired) electrons. The number of nitrogens with one attached hydrogen (secondary N) is 1. The van der Waals surface area contributed by atoms with E-state index in [-0.39, 0.29) is 24.1 Å². The van der Waals surface area contributed by atoms with Gasteiger partial charge in [-0.25, -0.2) is 9.40 Å². The molecule has 0 bridgehead atoms. The Labute approximate surface area is 188 Å². The number of hydrogen-bond acceptors (Lipinski definition) is 5. The largest absolute Gasteiger partial charge is 0.491 e. The van der Waals surface area contributed by atoms with Crippen molar-refractivity contribution in [1.29, 1.82) is 0 Å². The summed E-state index contributed by atoms with van der Waals surface area (Å²) < 4.78 is 20.0. The van der Waals surface area contributed by atoms with E-state index in [1.54, 1.807) is 12.1 Å². The van der Waals surface area contributed by atoms with Crippen LogP contribution in [0.15, 0.2) is 30.3 Å². The maximum absolute atomic E-state index is 15.0. The van der Waals surface area contributed by atoms with Crippen LogP contribution >= 0.6 is 0 Å². The Bertz CT molecular complexity index is 984. The Morgan fingerprint density at radius 1 is 1.12 bits per heavy atom. The first-order valence-electron chi connectivity index (χ1n) is 10.2. The molecule has 0 heterocycles. The van der Waals surface area contributed by atoms with E-state index in [0.29, 0.717) is 5.56 Å². The molecule has 0 aromatic heterocycles. The van der Waals surface area contributed by atoms with Gasteiger partial charge in [-0.3, -0.25) is 15.0 Å². The zero-order valence-electron chi connectivity index (χ0n) is 19.3. The second-order valence-corrected chi connectivity index (χ2v) is 9.08. The molecule has 32 heavy (non-hydrogen) atoms. The Balaban J connectivity index is 2.42. The number of hydrogen-bond donors (Lipinski definition) is 3. The first-order chi connectivity index (χ1) is 14.8. The van der Waals surface area contributed by atoms with Gasteiger partial charge in [0.15, 0.2) is 0 Å². The van der Waals surface area contributed by atoms with Crippen LogP contribution in [0.3, 0.4) is 0 Å². The highest BCUT2D eigenvalue weighted by Crippen LogP contribution is 2.18. The predicted octanol–water partition coefficient (Wildman–Crippen LogP) is 2.10. The molecule has 172 valence electrons. The SMILES string of the molecule is COCc1ccc(C(=O)NN(CC(C)(C)C)C(=O)c2cc(C)cc(C)c2)c(F)c1B(O)O. The average molecular weight is 444 g/mol. The first kappa shape index (κ1) is 25.5. The Morgan fingerprint density at radius 3 is 2.22 bits per heavy atom. The van der Waals surface area contributed by atoms with Gasteiger partial charge in [-0.2, -0.15) is 0 Å². The van der Waals surface area contributed by atoms with Gasteiger partial charge >= 0.3 is 7.12 Å². The van der Waals surface area contributed by atoms with E-state index in [1.165, 1.54) is 19.2 Å². The molecule has 0 atom stereocenters. The summed E-state index contributed by atoms with van der Waals surface area (Å²) in [6.45, 7) is 9.56. The molecular formula is C23H30BFN2O5. The lowest BCUT2D eigenvalue weighted by Crippen LogP contribution is -2.50. The van der Waals surface area contributed by atoms with Gasteiger partial charge in [-0.05, 0) is 43.0 Å². The van der Waals surface area contributed by atoms with E-state index >= 15 is 4.39 Å². The van der Waals surface area contributed by atoms with Crippen molar-refractivity contribution in [1.82, 2.24) is 10.4 Å². The predicted molar refractivity (Wildman–Crippen MR) is 121 cm³/mol. The summed E-state index contributed by atoms with van der Waals surface area (Å²) in [5.74, 6) is -2.39. The lowest BCUT2D eigenvalue weighted by molar-refractivity contribution is 0.0507. The van der Waals surface area contributed by atoms with Crippen molar-refractivity contribution in [2.24, 2.45) is 5.41 Å². The number of ether oxygens (including phenoxy) is 1. The number of carbonyl (C=O) groups excluding carboxylic acids is 2.